The third-order valence-electron chi connectivity index (χ3n) is 4.77. The third-order valence-corrected chi connectivity index (χ3v) is 4.77. The van der Waals surface area contributed by atoms with Gasteiger partial charge in [0.15, 0.2) is 0 Å². The van der Waals surface area contributed by atoms with E-state index in [4.69, 9.17) is 0 Å². The SMILES string of the molecule is C[C@@](O)(C(=O)N1C[C@@H](F)[C@@H](c2ccc3c(n2)CCNC3=O)C1)C(F)(F)F. The molecule has 1 saturated heterocycles. The van der Waals surface area contributed by atoms with Crippen molar-refractivity contribution < 1.29 is 32.3 Å². The van der Waals surface area contributed by atoms with E-state index in [1.54, 1.807) is 0 Å². The molecule has 0 radical (unpaired) electrons. The number of nitrogens with one attached hydrogen (secondary N) is 1. The minimum absolute atomic E-state index is 0.271. The van der Waals surface area contributed by atoms with Crippen molar-refractivity contribution in [3.8, 4) is 0 Å². The lowest BCUT2D eigenvalue weighted by molar-refractivity contribution is -0.249. The fourth-order valence-electron chi connectivity index (χ4n) is 3.15. The van der Waals surface area contributed by atoms with Gasteiger partial charge in [-0.3, -0.25) is 14.6 Å². The lowest BCUT2D eigenvalue weighted by Crippen LogP contribution is -2.55. The normalized spacial score (nSPS) is 25.5. The first-order chi connectivity index (χ1) is 12.0. The van der Waals surface area contributed by atoms with Crippen LogP contribution in [0.3, 0.4) is 0 Å². The van der Waals surface area contributed by atoms with Crippen molar-refractivity contribution in [1.82, 2.24) is 15.2 Å². The highest BCUT2D eigenvalue weighted by atomic mass is 19.4. The van der Waals surface area contributed by atoms with Gasteiger partial charge in [0, 0.05) is 25.2 Å². The van der Waals surface area contributed by atoms with Crippen LogP contribution in [-0.4, -0.2) is 64.4 Å². The van der Waals surface area contributed by atoms with Gasteiger partial charge in [-0.2, -0.15) is 13.2 Å². The van der Waals surface area contributed by atoms with E-state index in [0.717, 1.165) is 0 Å². The molecule has 6 nitrogen and oxygen atoms in total. The van der Waals surface area contributed by atoms with E-state index in [-0.39, 0.29) is 18.1 Å². The number of nitrogens with zero attached hydrogens (tertiary/aromatic N) is 2. The molecule has 2 N–H and O–H groups in total. The first-order valence-corrected chi connectivity index (χ1v) is 8.03. The van der Waals surface area contributed by atoms with Crippen molar-refractivity contribution in [3.05, 3.63) is 29.1 Å². The number of rotatable bonds is 2. The second-order valence-corrected chi connectivity index (χ2v) is 6.64. The molecule has 1 fully saturated rings. The summed E-state index contributed by atoms with van der Waals surface area (Å²) < 4.78 is 52.9. The number of likely N-dealkylation sites (tertiary alicyclic amines) is 1. The molecule has 3 rings (SSSR count). The minimum Gasteiger partial charge on any atom is -0.373 e. The van der Waals surface area contributed by atoms with Crippen LogP contribution in [-0.2, 0) is 11.2 Å². The first-order valence-electron chi connectivity index (χ1n) is 8.03. The maximum atomic E-state index is 14.4. The summed E-state index contributed by atoms with van der Waals surface area (Å²) in [7, 11) is 0. The van der Waals surface area contributed by atoms with Gasteiger partial charge in [-0.15, -0.1) is 0 Å². The summed E-state index contributed by atoms with van der Waals surface area (Å²) in [6.45, 7) is -0.143. The number of carbonyl (C=O) groups is 2. The molecule has 2 amide bonds. The van der Waals surface area contributed by atoms with Crippen molar-refractivity contribution in [2.75, 3.05) is 19.6 Å². The molecule has 1 aromatic heterocycles. The molecule has 0 saturated carbocycles. The second-order valence-electron chi connectivity index (χ2n) is 6.64. The maximum Gasteiger partial charge on any atom is 0.426 e. The largest absolute Gasteiger partial charge is 0.426 e. The Labute approximate surface area is 146 Å². The van der Waals surface area contributed by atoms with Gasteiger partial charge < -0.3 is 15.3 Å². The zero-order chi connectivity index (χ0) is 19.3. The predicted molar refractivity (Wildman–Crippen MR) is 81.2 cm³/mol. The second kappa shape index (κ2) is 6.19. The number of pyridine rings is 1. The predicted octanol–water partition coefficient (Wildman–Crippen LogP) is 0.945. The van der Waals surface area contributed by atoms with E-state index in [1.807, 2.05) is 0 Å². The number of hydrogen-bond acceptors (Lipinski definition) is 4. The molecule has 1 aromatic rings. The Bertz CT molecular complexity index is 751. The van der Waals surface area contributed by atoms with E-state index in [1.165, 1.54) is 12.1 Å². The number of amides is 2. The lowest BCUT2D eigenvalue weighted by atomic mass is 9.99. The van der Waals surface area contributed by atoms with E-state index < -0.39 is 36.3 Å². The first kappa shape index (κ1) is 18.6. The molecule has 10 heteroatoms. The number of carbonyl (C=O) groups excluding carboxylic acids is 2. The Balaban J connectivity index is 1.81. The summed E-state index contributed by atoms with van der Waals surface area (Å²) in [4.78, 5) is 28.7. The van der Waals surface area contributed by atoms with Gasteiger partial charge in [-0.05, 0) is 19.1 Å². The summed E-state index contributed by atoms with van der Waals surface area (Å²) in [5, 5.41) is 12.2. The molecule has 2 aliphatic rings. The molecule has 26 heavy (non-hydrogen) atoms. The average Bonchev–Trinajstić information content (AvgIpc) is 2.94. The van der Waals surface area contributed by atoms with Gasteiger partial charge in [0.25, 0.3) is 11.8 Å². The topological polar surface area (TPSA) is 82.5 Å². The minimum atomic E-state index is -5.16. The van der Waals surface area contributed by atoms with E-state index >= 15 is 0 Å². The monoisotopic (exact) mass is 375 g/mol. The van der Waals surface area contributed by atoms with Crippen molar-refractivity contribution in [2.45, 2.75) is 37.2 Å². The summed E-state index contributed by atoms with van der Waals surface area (Å²) in [5.74, 6) is -2.79. The van der Waals surface area contributed by atoms with Crippen LogP contribution < -0.4 is 5.32 Å². The Morgan fingerprint density at radius 3 is 2.69 bits per heavy atom. The zero-order valence-electron chi connectivity index (χ0n) is 13.8. The fourth-order valence-corrected chi connectivity index (χ4v) is 3.15. The molecular weight excluding hydrogens is 358 g/mol. The summed E-state index contributed by atoms with van der Waals surface area (Å²) >= 11 is 0. The average molecular weight is 375 g/mol. The molecule has 0 unspecified atom stereocenters. The van der Waals surface area contributed by atoms with E-state index in [2.05, 4.69) is 10.3 Å². The van der Waals surface area contributed by atoms with Crippen molar-refractivity contribution in [2.24, 2.45) is 0 Å². The van der Waals surface area contributed by atoms with Crippen LogP contribution in [0.4, 0.5) is 17.6 Å². The molecular formula is C16H17F4N3O3. The standard InChI is InChI=1S/C16H17F4N3O3/c1-15(26,16(18,19)20)14(25)23-6-9(10(17)7-23)11-3-2-8-12(22-11)4-5-21-13(8)24/h2-3,9-10,26H,4-7H2,1H3,(H,21,24)/t9-,10+,15+/m0/s1. The molecule has 0 bridgehead atoms. The van der Waals surface area contributed by atoms with Crippen LogP contribution in [0, 0.1) is 0 Å². The Morgan fingerprint density at radius 2 is 2.04 bits per heavy atom. The van der Waals surface area contributed by atoms with Gasteiger partial charge in [-0.1, -0.05) is 0 Å². The highest BCUT2D eigenvalue weighted by Gasteiger charge is 2.58. The summed E-state index contributed by atoms with van der Waals surface area (Å²) in [6, 6.07) is 2.94. The molecule has 142 valence electrons. The van der Waals surface area contributed by atoms with Crippen molar-refractivity contribution in [3.63, 3.8) is 0 Å². The summed E-state index contributed by atoms with van der Waals surface area (Å²) in [5.41, 5.74) is -2.44. The van der Waals surface area contributed by atoms with Crippen LogP contribution in [0.5, 0.6) is 0 Å². The number of alkyl halides is 4. The van der Waals surface area contributed by atoms with E-state index in [9.17, 15) is 32.3 Å². The van der Waals surface area contributed by atoms with Gasteiger partial charge in [-0.25, -0.2) is 4.39 Å². The number of aliphatic hydroxyl groups is 1. The molecule has 0 aromatic carbocycles. The van der Waals surface area contributed by atoms with Gasteiger partial charge >= 0.3 is 6.18 Å². The van der Waals surface area contributed by atoms with Crippen molar-refractivity contribution in [1.29, 1.82) is 0 Å². The quantitative estimate of drug-likeness (QED) is 0.754. The Hall–Kier alpha value is -2.23. The van der Waals surface area contributed by atoms with E-state index in [0.29, 0.717) is 36.0 Å². The molecule has 3 atom stereocenters. The molecule has 0 spiro atoms. The number of halogens is 4. The fraction of sp³-hybridized carbons (Fsp3) is 0.562. The lowest BCUT2D eigenvalue weighted by Gasteiger charge is -2.29. The highest BCUT2D eigenvalue weighted by Crippen LogP contribution is 2.36. The Kier molecular flexibility index (Phi) is 4.41. The highest BCUT2D eigenvalue weighted by molar-refractivity contribution is 5.96. The smallest absolute Gasteiger partial charge is 0.373 e. The van der Waals surface area contributed by atoms with Crippen molar-refractivity contribution >= 4 is 11.8 Å². The number of fused-ring (bicyclic) bond motifs is 1. The number of aromatic nitrogens is 1. The molecule has 0 aliphatic carbocycles. The summed E-state index contributed by atoms with van der Waals surface area (Å²) in [6.07, 6.45) is -6.32. The van der Waals surface area contributed by atoms with Crippen LogP contribution in [0.25, 0.3) is 0 Å². The molecule has 3 heterocycles. The number of hydrogen-bond donors (Lipinski definition) is 2. The third kappa shape index (κ3) is 3.02. The zero-order valence-corrected chi connectivity index (χ0v) is 13.8. The van der Waals surface area contributed by atoms with Crippen LogP contribution in [0.1, 0.15) is 34.6 Å². The van der Waals surface area contributed by atoms with Crippen LogP contribution in [0.2, 0.25) is 0 Å². The Morgan fingerprint density at radius 1 is 1.35 bits per heavy atom. The van der Waals surface area contributed by atoms with Gasteiger partial charge in [0.05, 0.1) is 23.7 Å². The maximum absolute atomic E-state index is 14.4. The van der Waals surface area contributed by atoms with Gasteiger partial charge in [0.1, 0.15) is 6.17 Å². The van der Waals surface area contributed by atoms with Crippen LogP contribution in [0.15, 0.2) is 12.1 Å². The van der Waals surface area contributed by atoms with Gasteiger partial charge in [0.2, 0.25) is 5.60 Å². The molecule has 2 aliphatic heterocycles. The van der Waals surface area contributed by atoms with Crippen LogP contribution >= 0.6 is 0 Å².